The number of aryl methyl sites for hydroxylation is 1. The van der Waals surface area contributed by atoms with E-state index in [1.807, 2.05) is 36.6 Å². The van der Waals surface area contributed by atoms with Crippen molar-refractivity contribution in [2.45, 2.75) is 38.5 Å². The molecule has 0 N–H and O–H groups in total. The van der Waals surface area contributed by atoms with Crippen LogP contribution in [0.25, 0.3) is 0 Å². The van der Waals surface area contributed by atoms with Crippen molar-refractivity contribution in [2.75, 3.05) is 44.4 Å². The first kappa shape index (κ1) is 21.4. The van der Waals surface area contributed by atoms with Gasteiger partial charge in [-0.3, -0.25) is 9.29 Å². The molecule has 4 heterocycles. The van der Waals surface area contributed by atoms with E-state index in [-0.39, 0.29) is 0 Å². The molecule has 0 aromatic carbocycles. The van der Waals surface area contributed by atoms with Crippen molar-refractivity contribution >= 4 is 17.9 Å². The summed E-state index contributed by atoms with van der Waals surface area (Å²) in [7, 11) is 1.67. The summed E-state index contributed by atoms with van der Waals surface area (Å²) in [5, 5.41) is 0. The molecule has 0 spiro atoms. The lowest BCUT2D eigenvalue weighted by Gasteiger charge is -2.29. The maximum absolute atomic E-state index is 5.12. The molecule has 2 aromatic rings. The van der Waals surface area contributed by atoms with Crippen LogP contribution in [-0.4, -0.2) is 58.8 Å². The van der Waals surface area contributed by atoms with Crippen LogP contribution >= 0.6 is 11.9 Å². The minimum Gasteiger partial charge on any atom is -0.495 e. The van der Waals surface area contributed by atoms with Gasteiger partial charge in [0.1, 0.15) is 5.75 Å². The van der Waals surface area contributed by atoms with E-state index in [0.29, 0.717) is 5.92 Å². The largest absolute Gasteiger partial charge is 0.495 e. The van der Waals surface area contributed by atoms with Gasteiger partial charge in [-0.2, -0.15) is 0 Å². The Morgan fingerprint density at radius 3 is 2.27 bits per heavy atom. The van der Waals surface area contributed by atoms with Crippen LogP contribution in [0, 0.1) is 11.8 Å². The number of pyridine rings is 1. The molecule has 0 bridgehead atoms. The number of piperidine rings is 2. The summed E-state index contributed by atoms with van der Waals surface area (Å²) in [6.45, 7) is 6.81. The molecule has 5 rings (SSSR count). The van der Waals surface area contributed by atoms with E-state index in [4.69, 9.17) is 4.74 Å². The molecule has 3 aliphatic rings. The molecule has 162 valence electrons. The highest BCUT2D eigenvalue weighted by Crippen LogP contribution is 2.45. The molecule has 6 nitrogen and oxygen atoms in total. The van der Waals surface area contributed by atoms with E-state index < -0.39 is 0 Å². The first-order valence-corrected chi connectivity index (χ1v) is 12.2. The van der Waals surface area contributed by atoms with Crippen LogP contribution < -0.4 is 9.64 Å². The molecule has 7 heteroatoms. The first-order valence-electron chi connectivity index (χ1n) is 11.0. The van der Waals surface area contributed by atoms with Crippen LogP contribution in [0.4, 0.5) is 5.95 Å². The second-order valence-electron chi connectivity index (χ2n) is 8.41. The molecule has 30 heavy (non-hydrogen) atoms. The molecule has 1 saturated carbocycles. The molecule has 0 radical (unpaired) electrons. The third-order valence-corrected chi connectivity index (χ3v) is 7.37. The first-order chi connectivity index (χ1) is 14.7. The van der Waals surface area contributed by atoms with Gasteiger partial charge in [-0.05, 0) is 61.5 Å². The molecule has 3 fully saturated rings. The van der Waals surface area contributed by atoms with Gasteiger partial charge >= 0.3 is 0 Å². The van der Waals surface area contributed by atoms with Crippen molar-refractivity contribution in [2.24, 2.45) is 11.8 Å². The van der Waals surface area contributed by atoms with Gasteiger partial charge in [0.25, 0.3) is 0 Å². The van der Waals surface area contributed by atoms with Crippen molar-refractivity contribution in [3.8, 4) is 5.75 Å². The van der Waals surface area contributed by atoms with E-state index in [1.54, 1.807) is 7.11 Å². The maximum atomic E-state index is 5.12. The Hall–Kier alpha value is -1.86. The lowest BCUT2D eigenvalue weighted by Crippen LogP contribution is -2.27. The number of anilines is 1. The zero-order valence-corrected chi connectivity index (χ0v) is 19.1. The van der Waals surface area contributed by atoms with Crippen LogP contribution in [0.3, 0.4) is 0 Å². The predicted octanol–water partition coefficient (Wildman–Crippen LogP) is 4.04. The zero-order valence-electron chi connectivity index (χ0n) is 18.3. The van der Waals surface area contributed by atoms with Crippen molar-refractivity contribution in [3.05, 3.63) is 42.0 Å². The highest BCUT2D eigenvalue weighted by atomic mass is 32.2. The quantitative estimate of drug-likeness (QED) is 0.668. The summed E-state index contributed by atoms with van der Waals surface area (Å²) in [6.07, 6.45) is 12.7. The predicted molar refractivity (Wildman–Crippen MR) is 123 cm³/mol. The number of ether oxygens (including phenoxy) is 1. The molecule has 1 aliphatic carbocycles. The third kappa shape index (κ3) is 5.24. The van der Waals surface area contributed by atoms with E-state index in [0.717, 1.165) is 30.0 Å². The fourth-order valence-corrected chi connectivity index (χ4v) is 4.92. The number of nitrogens with zero attached hydrogens (tertiary/aromatic N) is 5. The molecule has 0 amide bonds. The molecule has 2 aromatic heterocycles. The van der Waals surface area contributed by atoms with Gasteiger partial charge < -0.3 is 9.64 Å². The van der Waals surface area contributed by atoms with Crippen LogP contribution in [0.15, 0.2) is 30.7 Å². The Bertz CT molecular complexity index is 782. The van der Waals surface area contributed by atoms with Gasteiger partial charge in [0.05, 0.1) is 13.3 Å². The summed E-state index contributed by atoms with van der Waals surface area (Å²) >= 11 is 1.84. The lowest BCUT2D eigenvalue weighted by atomic mass is 9.94. The molecule has 2 unspecified atom stereocenters. The highest BCUT2D eigenvalue weighted by molar-refractivity contribution is 7.96. The van der Waals surface area contributed by atoms with Crippen molar-refractivity contribution in [3.63, 3.8) is 0 Å². The molecule has 2 atom stereocenters. The van der Waals surface area contributed by atoms with E-state index in [1.165, 1.54) is 56.7 Å². The highest BCUT2D eigenvalue weighted by Gasteiger charge is 2.45. The number of fused-ring (bicyclic) bond motifs is 1. The average Bonchev–Trinajstić information content (AvgIpc) is 3.44. The van der Waals surface area contributed by atoms with Gasteiger partial charge in [-0.15, -0.1) is 0 Å². The average molecular weight is 428 g/mol. The summed E-state index contributed by atoms with van der Waals surface area (Å²) in [4.78, 5) is 15.6. The molecule has 2 saturated heterocycles. The topological polar surface area (TPSA) is 54.4 Å². The fraction of sp³-hybridized carbons (Fsp3) is 0.609. The summed E-state index contributed by atoms with van der Waals surface area (Å²) in [5.74, 6) is 4.28. The minimum atomic E-state index is 0.620. The van der Waals surface area contributed by atoms with Gasteiger partial charge in [0.2, 0.25) is 5.95 Å². The van der Waals surface area contributed by atoms with Crippen molar-refractivity contribution in [1.29, 1.82) is 0 Å². The standard InChI is InChI=1S/C12H18N2OS.C11H15N3/c1-15-11-3-4-12(13-9-11)10-5-7-14(16-2)8-6-10;1-2-8-4-12-11(13-5-8)14-6-9-3-10(9)7-14/h3-4,9-10H,5-8H2,1-2H3;4-5,9-10H,2-3,6-7H2,1H3. The Balaban J connectivity index is 0.000000146. The van der Waals surface area contributed by atoms with Gasteiger partial charge in [-0.25, -0.2) is 9.97 Å². The maximum Gasteiger partial charge on any atom is 0.225 e. The second kappa shape index (κ2) is 9.96. The van der Waals surface area contributed by atoms with Crippen molar-refractivity contribution in [1.82, 2.24) is 19.3 Å². The monoisotopic (exact) mass is 427 g/mol. The van der Waals surface area contributed by atoms with E-state index in [9.17, 15) is 0 Å². The third-order valence-electron chi connectivity index (χ3n) is 6.49. The number of hydrogen-bond acceptors (Lipinski definition) is 7. The van der Waals surface area contributed by atoms with Crippen LogP contribution in [-0.2, 0) is 6.42 Å². The van der Waals surface area contributed by atoms with Gasteiger partial charge in [-0.1, -0.05) is 18.9 Å². The smallest absolute Gasteiger partial charge is 0.225 e. The second-order valence-corrected chi connectivity index (χ2v) is 9.30. The molecular weight excluding hydrogens is 394 g/mol. The fourth-order valence-electron chi connectivity index (χ4n) is 4.34. The minimum absolute atomic E-state index is 0.620. The van der Waals surface area contributed by atoms with Gasteiger partial charge in [0, 0.05) is 50.2 Å². The zero-order chi connectivity index (χ0) is 20.9. The van der Waals surface area contributed by atoms with Crippen LogP contribution in [0.5, 0.6) is 5.75 Å². The van der Waals surface area contributed by atoms with Crippen LogP contribution in [0.1, 0.15) is 43.4 Å². The Morgan fingerprint density at radius 2 is 1.73 bits per heavy atom. The Labute approximate surface area is 184 Å². The summed E-state index contributed by atoms with van der Waals surface area (Å²) in [5.41, 5.74) is 2.43. The van der Waals surface area contributed by atoms with Crippen LogP contribution in [0.2, 0.25) is 0 Å². The molecular formula is C23H33N5OS. The number of methoxy groups -OCH3 is 1. The number of hydrogen-bond donors (Lipinski definition) is 0. The summed E-state index contributed by atoms with van der Waals surface area (Å²) in [6, 6.07) is 4.10. The van der Waals surface area contributed by atoms with E-state index in [2.05, 4.69) is 43.4 Å². The summed E-state index contributed by atoms with van der Waals surface area (Å²) < 4.78 is 7.53. The Kier molecular flexibility index (Phi) is 7.10. The molecule has 2 aliphatic heterocycles. The SMILES string of the molecule is CCc1cnc(N2CC3CC3C2)nc1.COc1ccc(C2CCN(SC)CC2)nc1. The number of aromatic nitrogens is 3. The van der Waals surface area contributed by atoms with Crippen molar-refractivity contribution < 1.29 is 4.74 Å². The Morgan fingerprint density at radius 1 is 1.03 bits per heavy atom. The van der Waals surface area contributed by atoms with E-state index >= 15 is 0 Å². The van der Waals surface area contributed by atoms with Gasteiger partial charge in [0.15, 0.2) is 0 Å². The number of rotatable bonds is 5. The normalized spacial score (nSPS) is 23.5. The lowest BCUT2D eigenvalue weighted by molar-refractivity contribution is 0.342.